The second-order valence-electron chi connectivity index (χ2n) is 11.1. The van der Waals surface area contributed by atoms with E-state index in [0.717, 1.165) is 55.7 Å². The first-order valence-corrected chi connectivity index (χ1v) is 16.8. The van der Waals surface area contributed by atoms with Crippen molar-refractivity contribution < 1.29 is 17.2 Å². The largest absolute Gasteiger partial charge is 0.455 e. The Morgan fingerprint density at radius 2 is 1.82 bits per heavy atom. The predicted molar refractivity (Wildman–Crippen MR) is 172 cm³/mol. The summed E-state index contributed by atoms with van der Waals surface area (Å²) in [6.07, 6.45) is 10.2. The third-order valence-corrected chi connectivity index (χ3v) is 10.2. The first-order chi connectivity index (χ1) is 21.3. The van der Waals surface area contributed by atoms with Gasteiger partial charge in [0, 0.05) is 63.1 Å². The minimum Gasteiger partial charge on any atom is -0.455 e. The van der Waals surface area contributed by atoms with Crippen LogP contribution in [0.15, 0.2) is 89.9 Å². The van der Waals surface area contributed by atoms with Crippen LogP contribution >= 0.6 is 11.3 Å². The van der Waals surface area contributed by atoms with E-state index in [1.54, 1.807) is 30.7 Å². The lowest BCUT2D eigenvalue weighted by atomic mass is 10.0. The molecule has 4 heterocycles. The maximum Gasteiger partial charge on any atom is 0.232 e. The number of imidazole rings is 1. The second kappa shape index (κ2) is 10.2. The molecular weight excluding hydrogens is 598 g/mol. The third kappa shape index (κ3) is 4.78. The summed E-state index contributed by atoms with van der Waals surface area (Å²) in [5, 5.41) is 2.73. The fourth-order valence-corrected chi connectivity index (χ4v) is 7.62. The van der Waals surface area contributed by atoms with Gasteiger partial charge in [0.25, 0.3) is 0 Å². The number of halogens is 1. The Balaban J connectivity index is 1.24. The molecule has 0 spiro atoms. The summed E-state index contributed by atoms with van der Waals surface area (Å²) >= 11 is 1.48. The first-order valence-electron chi connectivity index (χ1n) is 14.2. The molecule has 0 radical (unpaired) electrons. The summed E-state index contributed by atoms with van der Waals surface area (Å²) in [4.78, 5) is 16.3. The van der Waals surface area contributed by atoms with Crippen molar-refractivity contribution in [1.29, 1.82) is 0 Å². The van der Waals surface area contributed by atoms with Gasteiger partial charge in [0.2, 0.25) is 10.0 Å². The number of aromatic nitrogens is 4. The highest BCUT2D eigenvalue weighted by atomic mass is 32.2. The number of hydrogen-bond donors (Lipinski definition) is 2. The van der Waals surface area contributed by atoms with Gasteiger partial charge in [-0.15, -0.1) is 11.3 Å². The molecule has 44 heavy (non-hydrogen) atoms. The number of thiazole rings is 1. The van der Waals surface area contributed by atoms with Crippen LogP contribution in [-0.2, 0) is 16.6 Å². The molecule has 1 fully saturated rings. The standard InChI is InChI=1S/C33H26FN5O3S2/c1-44(40,41)39(18-24-17-38-33(43-24)22-6-9-27-21(14-22)10-11-35-27)28-16-29-26(15-25(28)19-2-3-19)30(32-36-12-13-37-32)31(42-29)20-4-7-23(34)8-5-20/h4-17,19,35H,2-3,18H2,1H3,(H,36,37). The predicted octanol–water partition coefficient (Wildman–Crippen LogP) is 8.08. The number of nitrogens with one attached hydrogen (secondary N) is 2. The van der Waals surface area contributed by atoms with Crippen molar-refractivity contribution in [2.24, 2.45) is 0 Å². The Morgan fingerprint density at radius 1 is 1.00 bits per heavy atom. The zero-order chi connectivity index (χ0) is 30.0. The number of furan rings is 1. The lowest BCUT2D eigenvalue weighted by Crippen LogP contribution is -2.29. The number of benzene rings is 3. The number of aromatic amines is 2. The lowest BCUT2D eigenvalue weighted by molar-refractivity contribution is 0.596. The molecule has 220 valence electrons. The van der Waals surface area contributed by atoms with Gasteiger partial charge in [-0.05, 0) is 78.9 Å². The number of nitrogens with zero attached hydrogens (tertiary/aromatic N) is 3. The van der Waals surface area contributed by atoms with Gasteiger partial charge in [-0.1, -0.05) is 0 Å². The number of hydrogen-bond acceptors (Lipinski definition) is 6. The summed E-state index contributed by atoms with van der Waals surface area (Å²) in [5.74, 6) is 1.04. The molecule has 0 unspecified atom stereocenters. The normalized spacial score (nSPS) is 13.7. The van der Waals surface area contributed by atoms with Gasteiger partial charge in [0.1, 0.15) is 28.0 Å². The van der Waals surface area contributed by atoms with Crippen LogP contribution in [0, 0.1) is 5.82 Å². The maximum atomic E-state index is 13.8. The van der Waals surface area contributed by atoms with Gasteiger partial charge in [-0.2, -0.15) is 0 Å². The molecule has 0 bridgehead atoms. The van der Waals surface area contributed by atoms with Crippen LogP contribution in [0.4, 0.5) is 10.1 Å². The minimum absolute atomic E-state index is 0.144. The average molecular weight is 624 g/mol. The Labute approximate surface area is 256 Å². The van der Waals surface area contributed by atoms with E-state index in [-0.39, 0.29) is 18.3 Å². The van der Waals surface area contributed by atoms with E-state index in [0.29, 0.717) is 28.4 Å². The van der Waals surface area contributed by atoms with Crippen LogP contribution in [0.3, 0.4) is 0 Å². The molecule has 1 aliphatic carbocycles. The molecule has 0 aliphatic heterocycles. The molecule has 3 aromatic carbocycles. The lowest BCUT2D eigenvalue weighted by Gasteiger charge is -2.24. The molecule has 8 nitrogen and oxygen atoms in total. The molecule has 1 saturated carbocycles. The van der Waals surface area contributed by atoms with E-state index < -0.39 is 10.0 Å². The third-order valence-electron chi connectivity index (χ3n) is 8.02. The van der Waals surface area contributed by atoms with Gasteiger partial charge in [0.05, 0.1) is 24.1 Å². The highest BCUT2D eigenvalue weighted by molar-refractivity contribution is 7.92. The van der Waals surface area contributed by atoms with E-state index in [2.05, 4.69) is 26.0 Å². The van der Waals surface area contributed by atoms with Crippen molar-refractivity contribution in [2.75, 3.05) is 10.6 Å². The van der Waals surface area contributed by atoms with E-state index in [1.807, 2.05) is 36.5 Å². The van der Waals surface area contributed by atoms with Crippen molar-refractivity contribution in [2.45, 2.75) is 25.3 Å². The van der Waals surface area contributed by atoms with E-state index in [9.17, 15) is 12.8 Å². The fraction of sp³-hybridized carbons (Fsp3) is 0.152. The average Bonchev–Trinajstić information content (AvgIpc) is 3.41. The molecule has 0 saturated heterocycles. The van der Waals surface area contributed by atoms with Gasteiger partial charge >= 0.3 is 0 Å². The zero-order valence-corrected chi connectivity index (χ0v) is 25.2. The van der Waals surface area contributed by atoms with Crippen molar-refractivity contribution >= 4 is 48.9 Å². The van der Waals surface area contributed by atoms with Crippen LogP contribution in [-0.4, -0.2) is 34.6 Å². The first kappa shape index (κ1) is 26.9. The molecule has 0 amide bonds. The highest BCUT2D eigenvalue weighted by Gasteiger charge is 2.33. The van der Waals surface area contributed by atoms with Gasteiger partial charge in [0.15, 0.2) is 0 Å². The Bertz CT molecular complexity index is 2260. The van der Waals surface area contributed by atoms with Gasteiger partial charge < -0.3 is 14.4 Å². The van der Waals surface area contributed by atoms with Crippen molar-refractivity contribution in [3.8, 4) is 33.3 Å². The monoisotopic (exact) mass is 623 g/mol. The second-order valence-corrected chi connectivity index (χ2v) is 14.1. The van der Waals surface area contributed by atoms with Crippen LogP contribution in [0.2, 0.25) is 0 Å². The van der Waals surface area contributed by atoms with Gasteiger partial charge in [-0.3, -0.25) is 4.31 Å². The van der Waals surface area contributed by atoms with E-state index in [1.165, 1.54) is 34.0 Å². The Hall–Kier alpha value is -4.74. The van der Waals surface area contributed by atoms with E-state index >= 15 is 0 Å². The molecule has 2 N–H and O–H groups in total. The van der Waals surface area contributed by atoms with E-state index in [4.69, 9.17) is 4.42 Å². The number of sulfonamides is 1. The summed E-state index contributed by atoms with van der Waals surface area (Å²) in [6, 6.07) is 18.1. The SMILES string of the molecule is CS(=O)(=O)N(Cc1cnc(-c2ccc3[nH]ccc3c2)s1)c1cc2oc(-c3ccc(F)cc3)c(-c3ncc[nH]3)c2cc1C1CC1. The van der Waals surface area contributed by atoms with Gasteiger partial charge in [-0.25, -0.2) is 22.8 Å². The molecular formula is C33H26FN5O3S2. The number of anilines is 1. The van der Waals surface area contributed by atoms with Crippen LogP contribution in [0.1, 0.15) is 29.2 Å². The molecule has 4 aromatic heterocycles. The highest BCUT2D eigenvalue weighted by Crippen LogP contribution is 2.49. The Kier molecular flexibility index (Phi) is 6.21. The quantitative estimate of drug-likeness (QED) is 0.178. The number of H-pyrrole nitrogens is 2. The van der Waals surface area contributed by atoms with Crippen LogP contribution < -0.4 is 4.31 Å². The fourth-order valence-electron chi connectivity index (χ4n) is 5.75. The number of rotatable bonds is 8. The summed E-state index contributed by atoms with van der Waals surface area (Å²) in [6.45, 7) is 0.144. The summed E-state index contributed by atoms with van der Waals surface area (Å²) < 4.78 is 48.5. The molecule has 8 rings (SSSR count). The van der Waals surface area contributed by atoms with Crippen molar-refractivity contribution in [1.82, 2.24) is 19.9 Å². The zero-order valence-electron chi connectivity index (χ0n) is 23.5. The Morgan fingerprint density at radius 3 is 2.57 bits per heavy atom. The van der Waals surface area contributed by atoms with Crippen LogP contribution in [0.25, 0.3) is 55.2 Å². The molecule has 11 heteroatoms. The topological polar surface area (TPSA) is 108 Å². The summed E-state index contributed by atoms with van der Waals surface area (Å²) in [5.41, 5.74) is 5.54. The molecule has 7 aromatic rings. The molecule has 0 atom stereocenters. The van der Waals surface area contributed by atoms with Crippen molar-refractivity contribution in [3.05, 3.63) is 102 Å². The maximum absolute atomic E-state index is 13.8. The summed E-state index contributed by atoms with van der Waals surface area (Å²) in [7, 11) is -3.69. The molecule has 1 aliphatic rings. The number of fused-ring (bicyclic) bond motifs is 2. The van der Waals surface area contributed by atoms with Crippen LogP contribution in [0.5, 0.6) is 0 Å². The minimum atomic E-state index is -3.69. The smallest absolute Gasteiger partial charge is 0.232 e. The van der Waals surface area contributed by atoms with Crippen molar-refractivity contribution in [3.63, 3.8) is 0 Å².